The zero-order valence-corrected chi connectivity index (χ0v) is 16.1. The van der Waals surface area contributed by atoms with E-state index < -0.39 is 29.9 Å². The first-order valence-corrected chi connectivity index (χ1v) is 9.17. The van der Waals surface area contributed by atoms with Crippen molar-refractivity contribution >= 4 is 6.03 Å². The molecule has 0 spiro atoms. The topological polar surface area (TPSA) is 79.2 Å². The number of alkyl halides is 3. The van der Waals surface area contributed by atoms with Gasteiger partial charge in [0.1, 0.15) is 0 Å². The second-order valence-electron chi connectivity index (χ2n) is 6.78. The maximum absolute atomic E-state index is 12.6. The van der Waals surface area contributed by atoms with E-state index in [1.54, 1.807) is 24.1 Å². The van der Waals surface area contributed by atoms with Gasteiger partial charge in [-0.15, -0.1) is 0 Å². The Morgan fingerprint density at radius 1 is 1.07 bits per heavy atom. The molecule has 0 bridgehead atoms. The van der Waals surface area contributed by atoms with Gasteiger partial charge in [-0.2, -0.15) is 18.3 Å². The number of aliphatic hydroxyl groups is 1. The number of nitrogens with zero attached hydrogens (tertiary/aromatic N) is 2. The summed E-state index contributed by atoms with van der Waals surface area (Å²) in [5, 5.41) is 19.7. The fourth-order valence-corrected chi connectivity index (χ4v) is 2.98. The monoisotopic (exact) mass is 418 g/mol. The van der Waals surface area contributed by atoms with Crippen LogP contribution in [-0.2, 0) is 13.2 Å². The lowest BCUT2D eigenvalue weighted by atomic mass is 10.0. The molecule has 158 valence electrons. The van der Waals surface area contributed by atoms with Crippen LogP contribution < -0.4 is 10.6 Å². The van der Waals surface area contributed by atoms with Crippen LogP contribution in [0.2, 0.25) is 0 Å². The number of urea groups is 1. The van der Waals surface area contributed by atoms with E-state index >= 15 is 0 Å². The van der Waals surface area contributed by atoms with E-state index in [0.29, 0.717) is 0 Å². The smallest absolute Gasteiger partial charge is 0.387 e. The molecule has 1 heterocycles. The maximum Gasteiger partial charge on any atom is 0.416 e. The zero-order valence-electron chi connectivity index (χ0n) is 16.1. The molecule has 30 heavy (non-hydrogen) atoms. The summed E-state index contributed by atoms with van der Waals surface area (Å²) in [6, 6.07) is 12.5. The molecule has 1 aromatic heterocycles. The van der Waals surface area contributed by atoms with Gasteiger partial charge in [-0.1, -0.05) is 42.5 Å². The molecule has 0 aliphatic rings. The van der Waals surface area contributed by atoms with Crippen molar-refractivity contribution in [1.29, 1.82) is 0 Å². The van der Waals surface area contributed by atoms with Gasteiger partial charge in [0.25, 0.3) is 0 Å². The number of carbonyl (C=O) groups is 1. The Labute approximate surface area is 171 Å². The summed E-state index contributed by atoms with van der Waals surface area (Å²) in [5.74, 6) is 0. The first kappa shape index (κ1) is 21.4. The third-order valence-electron chi connectivity index (χ3n) is 4.55. The van der Waals surface area contributed by atoms with E-state index in [1.807, 2.05) is 30.3 Å². The number of hydrogen-bond donors (Lipinski definition) is 3. The van der Waals surface area contributed by atoms with E-state index in [1.165, 1.54) is 12.1 Å². The lowest BCUT2D eigenvalue weighted by Gasteiger charge is -2.19. The van der Waals surface area contributed by atoms with Crippen molar-refractivity contribution in [1.82, 2.24) is 20.4 Å². The Kier molecular flexibility index (Phi) is 6.41. The minimum atomic E-state index is -4.44. The molecule has 3 aromatic rings. The van der Waals surface area contributed by atoms with Crippen LogP contribution in [0.1, 0.15) is 34.4 Å². The van der Waals surface area contributed by atoms with E-state index in [4.69, 9.17) is 0 Å². The molecule has 9 heteroatoms. The van der Waals surface area contributed by atoms with Crippen molar-refractivity contribution in [3.63, 3.8) is 0 Å². The highest BCUT2D eigenvalue weighted by Gasteiger charge is 2.30. The lowest BCUT2D eigenvalue weighted by molar-refractivity contribution is -0.137. The Bertz CT molecular complexity index is 972. The quantitative estimate of drug-likeness (QED) is 0.573. The molecule has 3 rings (SSSR count). The Morgan fingerprint density at radius 2 is 1.73 bits per heavy atom. The molecule has 0 fully saturated rings. The average molecular weight is 418 g/mol. The molecule has 0 saturated carbocycles. The second kappa shape index (κ2) is 9.00. The van der Waals surface area contributed by atoms with Crippen LogP contribution in [0.4, 0.5) is 18.0 Å². The first-order chi connectivity index (χ1) is 14.2. The normalized spacial score (nSPS) is 13.5. The van der Waals surface area contributed by atoms with Gasteiger partial charge >= 0.3 is 12.2 Å². The van der Waals surface area contributed by atoms with Crippen LogP contribution in [0.15, 0.2) is 67.0 Å². The van der Waals surface area contributed by atoms with Crippen molar-refractivity contribution in [3.8, 4) is 0 Å². The van der Waals surface area contributed by atoms with Gasteiger partial charge in [0.2, 0.25) is 0 Å². The van der Waals surface area contributed by atoms with Crippen LogP contribution in [0, 0.1) is 0 Å². The molecular weight excluding hydrogens is 397 g/mol. The third-order valence-corrected chi connectivity index (χ3v) is 4.55. The Balaban J connectivity index is 1.63. The molecule has 2 unspecified atom stereocenters. The van der Waals surface area contributed by atoms with E-state index in [0.717, 1.165) is 23.3 Å². The molecule has 0 radical (unpaired) electrons. The predicted octanol–water partition coefficient (Wildman–Crippen LogP) is 3.56. The summed E-state index contributed by atoms with van der Waals surface area (Å²) in [7, 11) is 1.77. The van der Waals surface area contributed by atoms with Gasteiger partial charge in [0, 0.05) is 25.4 Å². The number of aromatic nitrogens is 2. The van der Waals surface area contributed by atoms with Crippen LogP contribution in [0.3, 0.4) is 0 Å². The van der Waals surface area contributed by atoms with Crippen molar-refractivity contribution < 1.29 is 23.1 Å². The molecular formula is C21H21F3N4O2. The van der Waals surface area contributed by atoms with Crippen LogP contribution in [-0.4, -0.2) is 27.5 Å². The molecule has 0 saturated heterocycles. The van der Waals surface area contributed by atoms with Crippen molar-refractivity contribution in [2.24, 2.45) is 7.05 Å². The van der Waals surface area contributed by atoms with E-state index in [2.05, 4.69) is 15.7 Å². The maximum atomic E-state index is 12.6. The van der Waals surface area contributed by atoms with E-state index in [9.17, 15) is 23.1 Å². The summed E-state index contributed by atoms with van der Waals surface area (Å²) < 4.78 is 39.6. The number of hydrogen-bond acceptors (Lipinski definition) is 3. The predicted molar refractivity (Wildman–Crippen MR) is 104 cm³/mol. The number of amides is 2. The molecule has 0 aliphatic heterocycles. The SMILES string of the molecule is Cn1cc(C(NC(=O)NCC(O)c2ccc(C(F)(F)F)cc2)c2ccccc2)cn1. The van der Waals surface area contributed by atoms with Crippen molar-refractivity contribution in [2.45, 2.75) is 18.3 Å². The molecule has 2 aromatic carbocycles. The lowest BCUT2D eigenvalue weighted by Crippen LogP contribution is -2.40. The highest BCUT2D eigenvalue weighted by atomic mass is 19.4. The highest BCUT2D eigenvalue weighted by Crippen LogP contribution is 2.29. The van der Waals surface area contributed by atoms with Gasteiger partial charge in [-0.25, -0.2) is 4.79 Å². The summed E-state index contributed by atoms with van der Waals surface area (Å²) >= 11 is 0. The fourth-order valence-electron chi connectivity index (χ4n) is 2.98. The number of aliphatic hydroxyl groups excluding tert-OH is 1. The van der Waals surface area contributed by atoms with Gasteiger partial charge in [-0.3, -0.25) is 4.68 Å². The van der Waals surface area contributed by atoms with Gasteiger partial charge < -0.3 is 15.7 Å². The number of halogens is 3. The van der Waals surface area contributed by atoms with Crippen LogP contribution in [0.5, 0.6) is 0 Å². The molecule has 3 N–H and O–H groups in total. The molecule has 6 nitrogen and oxygen atoms in total. The first-order valence-electron chi connectivity index (χ1n) is 9.17. The number of nitrogens with one attached hydrogen (secondary N) is 2. The summed E-state index contributed by atoms with van der Waals surface area (Å²) in [4.78, 5) is 12.4. The standard InChI is InChI=1S/C21H21F3N4O2/c1-28-13-16(11-26-28)19(15-5-3-2-4-6-15)27-20(30)25-12-18(29)14-7-9-17(10-8-14)21(22,23)24/h2-11,13,18-19,29H,12H2,1H3,(H2,25,27,30). The number of carbonyl (C=O) groups excluding carboxylic acids is 1. The van der Waals surface area contributed by atoms with Gasteiger partial charge in [0.05, 0.1) is 23.9 Å². The average Bonchev–Trinajstić information content (AvgIpc) is 3.16. The van der Waals surface area contributed by atoms with E-state index in [-0.39, 0.29) is 12.1 Å². The second-order valence-corrected chi connectivity index (χ2v) is 6.78. The van der Waals surface area contributed by atoms with Crippen molar-refractivity contribution in [3.05, 3.63) is 89.2 Å². The summed E-state index contributed by atoms with van der Waals surface area (Å²) in [5.41, 5.74) is 1.10. The number of aryl methyl sites for hydroxylation is 1. The zero-order chi connectivity index (χ0) is 21.7. The number of rotatable bonds is 6. The molecule has 2 atom stereocenters. The largest absolute Gasteiger partial charge is 0.416 e. The number of benzene rings is 2. The van der Waals surface area contributed by atoms with Crippen LogP contribution >= 0.6 is 0 Å². The molecule has 0 aliphatic carbocycles. The van der Waals surface area contributed by atoms with Crippen LogP contribution in [0.25, 0.3) is 0 Å². The Hall–Kier alpha value is -3.33. The highest BCUT2D eigenvalue weighted by molar-refractivity contribution is 5.75. The Morgan fingerprint density at radius 3 is 2.30 bits per heavy atom. The third kappa shape index (κ3) is 5.38. The minimum Gasteiger partial charge on any atom is -0.387 e. The summed E-state index contributed by atoms with van der Waals surface area (Å²) in [6.07, 6.45) is -2.16. The summed E-state index contributed by atoms with van der Waals surface area (Å²) in [6.45, 7) is -0.161. The van der Waals surface area contributed by atoms with Crippen molar-refractivity contribution in [2.75, 3.05) is 6.54 Å². The molecule has 2 amide bonds. The fraction of sp³-hybridized carbons (Fsp3) is 0.238. The van der Waals surface area contributed by atoms with Gasteiger partial charge in [-0.05, 0) is 23.3 Å². The van der Waals surface area contributed by atoms with Gasteiger partial charge in [0.15, 0.2) is 0 Å². The minimum absolute atomic E-state index is 0.161.